The first-order chi connectivity index (χ1) is 8.75. The standard InChI is InChI=1S/C13H14N4S.BrH/c1-9(2)12-14-15-13-17(12)16-11(8-18-13)10-6-4-3-5-7-10;/h3-7,9H,8H2,1-2H3;1H. The van der Waals surface area contributed by atoms with Gasteiger partial charge in [0.25, 0.3) is 0 Å². The van der Waals surface area contributed by atoms with E-state index in [1.54, 1.807) is 11.8 Å². The summed E-state index contributed by atoms with van der Waals surface area (Å²) in [6, 6.07) is 10.3. The maximum atomic E-state index is 4.68. The van der Waals surface area contributed by atoms with E-state index in [0.717, 1.165) is 22.4 Å². The summed E-state index contributed by atoms with van der Waals surface area (Å²) in [7, 11) is 0. The highest BCUT2D eigenvalue weighted by atomic mass is 79.9. The molecule has 0 saturated heterocycles. The highest BCUT2D eigenvalue weighted by molar-refractivity contribution is 8.93. The molecule has 2 aromatic rings. The van der Waals surface area contributed by atoms with Gasteiger partial charge in [-0.15, -0.1) is 27.2 Å². The quantitative estimate of drug-likeness (QED) is 0.843. The molecule has 0 unspecified atom stereocenters. The van der Waals surface area contributed by atoms with Crippen molar-refractivity contribution in [2.24, 2.45) is 5.10 Å². The summed E-state index contributed by atoms with van der Waals surface area (Å²) in [6.07, 6.45) is 0. The minimum Gasteiger partial charge on any atom is -0.191 e. The Morgan fingerprint density at radius 3 is 2.58 bits per heavy atom. The van der Waals surface area contributed by atoms with Gasteiger partial charge in [0, 0.05) is 11.7 Å². The number of hydrogen-bond acceptors (Lipinski definition) is 4. The molecule has 0 atom stereocenters. The van der Waals surface area contributed by atoms with E-state index >= 15 is 0 Å². The van der Waals surface area contributed by atoms with E-state index in [0.29, 0.717) is 5.92 Å². The first-order valence-electron chi connectivity index (χ1n) is 5.97. The second-order valence-corrected chi connectivity index (χ2v) is 5.45. The zero-order chi connectivity index (χ0) is 12.5. The molecule has 3 rings (SSSR count). The number of aromatic nitrogens is 3. The van der Waals surface area contributed by atoms with Crippen LogP contribution in [0.1, 0.15) is 31.2 Å². The largest absolute Gasteiger partial charge is 0.212 e. The Kier molecular flexibility index (Phi) is 4.42. The number of halogens is 1. The van der Waals surface area contributed by atoms with Crippen LogP contribution in [-0.2, 0) is 0 Å². The van der Waals surface area contributed by atoms with Crippen molar-refractivity contribution in [2.75, 3.05) is 5.75 Å². The van der Waals surface area contributed by atoms with Gasteiger partial charge in [-0.2, -0.15) is 9.78 Å². The summed E-state index contributed by atoms with van der Waals surface area (Å²) < 4.78 is 1.88. The molecule has 0 spiro atoms. The maximum absolute atomic E-state index is 4.68. The van der Waals surface area contributed by atoms with Crippen molar-refractivity contribution in [1.82, 2.24) is 14.9 Å². The molecule has 6 heteroatoms. The van der Waals surface area contributed by atoms with Crippen LogP contribution in [0.3, 0.4) is 0 Å². The zero-order valence-electron chi connectivity index (χ0n) is 10.8. The van der Waals surface area contributed by atoms with Crippen molar-refractivity contribution >= 4 is 34.5 Å². The minimum absolute atomic E-state index is 0. The molecular weight excluding hydrogens is 324 g/mol. The van der Waals surface area contributed by atoms with E-state index in [9.17, 15) is 0 Å². The lowest BCUT2D eigenvalue weighted by Crippen LogP contribution is -2.14. The second-order valence-electron chi connectivity index (χ2n) is 4.51. The lowest BCUT2D eigenvalue weighted by atomic mass is 10.1. The van der Waals surface area contributed by atoms with Crippen LogP contribution in [0.25, 0.3) is 0 Å². The van der Waals surface area contributed by atoms with Crippen LogP contribution in [-0.4, -0.2) is 26.3 Å². The molecule has 0 saturated carbocycles. The number of fused-ring (bicyclic) bond motifs is 1. The number of hydrogen-bond donors (Lipinski definition) is 0. The summed E-state index contributed by atoms with van der Waals surface area (Å²) in [4.78, 5) is 0. The Balaban J connectivity index is 0.00000133. The predicted molar refractivity (Wildman–Crippen MR) is 83.5 cm³/mol. The number of benzene rings is 1. The maximum Gasteiger partial charge on any atom is 0.212 e. The van der Waals surface area contributed by atoms with Gasteiger partial charge < -0.3 is 0 Å². The molecule has 19 heavy (non-hydrogen) atoms. The molecule has 0 aliphatic carbocycles. The Hall–Kier alpha value is -1.14. The van der Waals surface area contributed by atoms with Crippen molar-refractivity contribution in [2.45, 2.75) is 24.9 Å². The molecule has 0 N–H and O–H groups in total. The molecule has 1 aliphatic heterocycles. The molecule has 100 valence electrons. The third kappa shape index (κ3) is 2.74. The highest BCUT2D eigenvalue weighted by Crippen LogP contribution is 2.26. The van der Waals surface area contributed by atoms with Gasteiger partial charge in [-0.25, -0.2) is 0 Å². The van der Waals surface area contributed by atoms with Crippen LogP contribution in [0.5, 0.6) is 0 Å². The summed E-state index contributed by atoms with van der Waals surface area (Å²) >= 11 is 1.69. The second kappa shape index (κ2) is 5.88. The Bertz CT molecular complexity index is 592. The normalized spacial score (nSPS) is 13.7. The molecule has 1 aromatic heterocycles. The number of thioether (sulfide) groups is 1. The van der Waals surface area contributed by atoms with Gasteiger partial charge in [0.15, 0.2) is 5.82 Å². The van der Waals surface area contributed by atoms with E-state index in [2.05, 4.69) is 41.3 Å². The van der Waals surface area contributed by atoms with Crippen LogP contribution in [0.15, 0.2) is 40.6 Å². The van der Waals surface area contributed by atoms with Gasteiger partial charge >= 0.3 is 0 Å². The molecule has 0 amide bonds. The lowest BCUT2D eigenvalue weighted by molar-refractivity contribution is 0.662. The highest BCUT2D eigenvalue weighted by Gasteiger charge is 2.20. The summed E-state index contributed by atoms with van der Waals surface area (Å²) in [5.41, 5.74) is 2.24. The Labute approximate surface area is 127 Å². The number of rotatable bonds is 2. The van der Waals surface area contributed by atoms with Gasteiger partial charge in [0.1, 0.15) is 0 Å². The number of nitrogens with zero attached hydrogens (tertiary/aromatic N) is 4. The van der Waals surface area contributed by atoms with Gasteiger partial charge in [-0.1, -0.05) is 55.9 Å². The average molecular weight is 339 g/mol. The SMILES string of the molecule is Br.CC(C)c1nnc2n1N=C(c1ccccc1)CS2. The topological polar surface area (TPSA) is 43.1 Å². The van der Waals surface area contributed by atoms with E-state index in [-0.39, 0.29) is 17.0 Å². The fourth-order valence-corrected chi connectivity index (χ4v) is 2.72. The predicted octanol–water partition coefficient (Wildman–Crippen LogP) is 3.34. The monoisotopic (exact) mass is 338 g/mol. The molecule has 0 bridgehead atoms. The Morgan fingerprint density at radius 1 is 1.16 bits per heavy atom. The molecule has 1 aromatic carbocycles. The minimum atomic E-state index is 0. The summed E-state index contributed by atoms with van der Waals surface area (Å²) in [5, 5.41) is 14.0. The molecular formula is C13H15BrN4S. The first-order valence-corrected chi connectivity index (χ1v) is 6.95. The molecule has 0 fully saturated rings. The van der Waals surface area contributed by atoms with Crippen molar-refractivity contribution < 1.29 is 0 Å². The lowest BCUT2D eigenvalue weighted by Gasteiger charge is -2.14. The van der Waals surface area contributed by atoms with Crippen LogP contribution in [0.4, 0.5) is 0 Å². The van der Waals surface area contributed by atoms with E-state index in [1.807, 2.05) is 22.9 Å². The molecule has 1 aliphatic rings. The summed E-state index contributed by atoms with van der Waals surface area (Å²) in [6.45, 7) is 4.21. The van der Waals surface area contributed by atoms with Crippen molar-refractivity contribution in [3.05, 3.63) is 41.7 Å². The fourth-order valence-electron chi connectivity index (χ4n) is 1.87. The third-order valence-corrected chi connectivity index (χ3v) is 3.75. The zero-order valence-corrected chi connectivity index (χ0v) is 13.3. The fraction of sp³-hybridized carbons (Fsp3) is 0.308. The van der Waals surface area contributed by atoms with Crippen LogP contribution in [0, 0.1) is 0 Å². The first kappa shape index (κ1) is 14.3. The summed E-state index contributed by atoms with van der Waals surface area (Å²) in [5.74, 6) is 2.09. The van der Waals surface area contributed by atoms with Gasteiger partial charge in [-0.05, 0) is 5.56 Å². The van der Waals surface area contributed by atoms with Crippen molar-refractivity contribution in [3.63, 3.8) is 0 Å². The van der Waals surface area contributed by atoms with Crippen LogP contribution < -0.4 is 0 Å². The van der Waals surface area contributed by atoms with Gasteiger partial charge in [0.2, 0.25) is 5.16 Å². The smallest absolute Gasteiger partial charge is 0.191 e. The molecule has 2 heterocycles. The molecule has 0 radical (unpaired) electrons. The van der Waals surface area contributed by atoms with E-state index < -0.39 is 0 Å². The van der Waals surface area contributed by atoms with Crippen molar-refractivity contribution in [3.8, 4) is 0 Å². The third-order valence-electron chi connectivity index (χ3n) is 2.82. The van der Waals surface area contributed by atoms with E-state index in [4.69, 9.17) is 0 Å². The van der Waals surface area contributed by atoms with Crippen molar-refractivity contribution in [1.29, 1.82) is 0 Å². The van der Waals surface area contributed by atoms with Gasteiger partial charge in [-0.3, -0.25) is 0 Å². The van der Waals surface area contributed by atoms with Gasteiger partial charge in [0.05, 0.1) is 5.71 Å². The van der Waals surface area contributed by atoms with E-state index in [1.165, 1.54) is 5.56 Å². The van der Waals surface area contributed by atoms with Crippen LogP contribution in [0.2, 0.25) is 0 Å². The average Bonchev–Trinajstić information content (AvgIpc) is 2.82. The van der Waals surface area contributed by atoms with Crippen LogP contribution >= 0.6 is 28.7 Å². The molecule has 4 nitrogen and oxygen atoms in total. The Morgan fingerprint density at radius 2 is 1.89 bits per heavy atom.